The van der Waals surface area contributed by atoms with Gasteiger partial charge in [0.15, 0.2) is 5.78 Å². The molecule has 1 aliphatic rings. The first kappa shape index (κ1) is 18.2. The Morgan fingerprint density at radius 1 is 1.04 bits per heavy atom. The van der Waals surface area contributed by atoms with Crippen LogP contribution in [0.2, 0.25) is 0 Å². The number of carbonyl (C=O) groups excluding carboxylic acids is 3. The third-order valence-electron chi connectivity index (χ3n) is 4.36. The Kier molecular flexibility index (Phi) is 4.60. The average Bonchev–Trinajstić information content (AvgIpc) is 2.72. The first-order chi connectivity index (χ1) is 13.5. The van der Waals surface area contributed by atoms with E-state index in [2.05, 4.69) is 25.9 Å². The zero-order valence-electron chi connectivity index (χ0n) is 14.7. The largest absolute Gasteiger partial charge is 0.461 e. The zero-order valence-corrected chi connectivity index (χ0v) is 16.3. The molecule has 1 aromatic carbocycles. The fraction of sp³-hybridized carbons (Fsp3) is 0.0952. The number of halogens is 1. The summed E-state index contributed by atoms with van der Waals surface area (Å²) in [4.78, 5) is 46.9. The number of benzene rings is 1. The number of ketones is 2. The van der Waals surface area contributed by atoms with Crippen LogP contribution in [0.1, 0.15) is 49.4 Å². The Balaban J connectivity index is 2.01. The van der Waals surface area contributed by atoms with Crippen molar-refractivity contribution in [2.45, 2.75) is 6.92 Å². The van der Waals surface area contributed by atoms with Crippen molar-refractivity contribution in [2.24, 2.45) is 0 Å². The highest BCUT2D eigenvalue weighted by Crippen LogP contribution is 2.33. The molecule has 2 heterocycles. The normalized spacial score (nSPS) is 12.4. The topological polar surface area (TPSA) is 86.2 Å². The molecule has 0 atom stereocenters. The molecule has 0 aliphatic heterocycles. The van der Waals surface area contributed by atoms with Crippen LogP contribution in [0.4, 0.5) is 0 Å². The van der Waals surface area contributed by atoms with E-state index < -0.39 is 11.8 Å². The van der Waals surface area contributed by atoms with Gasteiger partial charge in [0.1, 0.15) is 11.4 Å². The Bertz CT molecular complexity index is 1140. The van der Waals surface area contributed by atoms with Gasteiger partial charge in [-0.05, 0) is 37.3 Å². The van der Waals surface area contributed by atoms with Gasteiger partial charge in [0.25, 0.3) is 0 Å². The number of hydrogen-bond donors (Lipinski definition) is 0. The molecule has 0 fully saturated rings. The second-order valence-electron chi connectivity index (χ2n) is 6.06. The first-order valence-electron chi connectivity index (χ1n) is 8.53. The Morgan fingerprint density at radius 3 is 2.50 bits per heavy atom. The number of pyridine rings is 2. The van der Waals surface area contributed by atoms with Crippen LogP contribution < -0.4 is 0 Å². The van der Waals surface area contributed by atoms with Crippen LogP contribution >= 0.6 is 15.9 Å². The molecular weight excluding hydrogens is 424 g/mol. The second-order valence-corrected chi connectivity index (χ2v) is 6.98. The smallest absolute Gasteiger partial charge is 0.356 e. The standard InChI is InChI=1S/C21H13BrN2O4/c1-2-28-21(27)15-10-14-16(17(24-15)11-5-7-12(22)8-6-11)20(26)18-13(19(14)25)4-3-9-23-18/h3-10H,2H2,1H3. The van der Waals surface area contributed by atoms with Crippen molar-refractivity contribution in [1.82, 2.24) is 9.97 Å². The van der Waals surface area contributed by atoms with Crippen LogP contribution in [-0.2, 0) is 4.74 Å². The fourth-order valence-electron chi connectivity index (χ4n) is 3.11. The van der Waals surface area contributed by atoms with Gasteiger partial charge in [-0.3, -0.25) is 14.6 Å². The molecule has 4 rings (SSSR count). The van der Waals surface area contributed by atoms with Crippen molar-refractivity contribution in [1.29, 1.82) is 0 Å². The number of hydrogen-bond acceptors (Lipinski definition) is 6. The van der Waals surface area contributed by atoms with Crippen LogP contribution in [0, 0.1) is 0 Å². The summed E-state index contributed by atoms with van der Waals surface area (Å²) in [5, 5.41) is 0. The molecule has 0 N–H and O–H groups in total. The lowest BCUT2D eigenvalue weighted by Gasteiger charge is -2.20. The number of esters is 1. The zero-order chi connectivity index (χ0) is 19.8. The molecule has 7 heteroatoms. The average molecular weight is 437 g/mol. The molecule has 0 unspecified atom stereocenters. The number of aromatic nitrogens is 2. The third-order valence-corrected chi connectivity index (χ3v) is 4.89. The minimum absolute atomic E-state index is 0.0213. The Morgan fingerprint density at radius 2 is 1.79 bits per heavy atom. The highest BCUT2D eigenvalue weighted by atomic mass is 79.9. The van der Waals surface area contributed by atoms with E-state index in [1.54, 1.807) is 43.3 Å². The van der Waals surface area contributed by atoms with E-state index in [0.29, 0.717) is 5.56 Å². The molecule has 2 aromatic heterocycles. The molecule has 0 bridgehead atoms. The van der Waals surface area contributed by atoms with Gasteiger partial charge in [-0.1, -0.05) is 28.1 Å². The molecule has 0 saturated heterocycles. The van der Waals surface area contributed by atoms with E-state index in [9.17, 15) is 14.4 Å². The number of fused-ring (bicyclic) bond motifs is 2. The van der Waals surface area contributed by atoms with Crippen LogP contribution in [0.5, 0.6) is 0 Å². The Hall–Kier alpha value is -3.19. The minimum atomic E-state index is -0.652. The molecule has 0 spiro atoms. The molecular formula is C21H13BrN2O4. The maximum Gasteiger partial charge on any atom is 0.356 e. The summed E-state index contributed by atoms with van der Waals surface area (Å²) in [6.45, 7) is 1.85. The summed E-state index contributed by atoms with van der Waals surface area (Å²) in [5.41, 5.74) is 1.40. The summed E-state index contributed by atoms with van der Waals surface area (Å²) in [6, 6.07) is 11.6. The van der Waals surface area contributed by atoms with E-state index in [0.717, 1.165) is 4.47 Å². The van der Waals surface area contributed by atoms with Gasteiger partial charge in [-0.2, -0.15) is 0 Å². The van der Waals surface area contributed by atoms with Crippen LogP contribution in [-0.4, -0.2) is 34.1 Å². The van der Waals surface area contributed by atoms with Crippen molar-refractivity contribution < 1.29 is 19.1 Å². The summed E-state index contributed by atoms with van der Waals surface area (Å²) in [6.07, 6.45) is 1.47. The van der Waals surface area contributed by atoms with Crippen LogP contribution in [0.15, 0.2) is 53.1 Å². The predicted molar refractivity (Wildman–Crippen MR) is 104 cm³/mol. The SMILES string of the molecule is CCOC(=O)c1cc2c(c(-c3ccc(Br)cc3)n1)C(=O)c1ncccc1C2=O. The number of carbonyl (C=O) groups is 3. The second kappa shape index (κ2) is 7.09. The van der Waals surface area contributed by atoms with E-state index in [-0.39, 0.29) is 46.2 Å². The molecule has 0 radical (unpaired) electrons. The van der Waals surface area contributed by atoms with Gasteiger partial charge in [-0.25, -0.2) is 9.78 Å². The van der Waals surface area contributed by atoms with Gasteiger partial charge < -0.3 is 4.74 Å². The van der Waals surface area contributed by atoms with Gasteiger partial charge in [0.2, 0.25) is 5.78 Å². The molecule has 0 saturated carbocycles. The van der Waals surface area contributed by atoms with Crippen molar-refractivity contribution in [3.8, 4) is 11.3 Å². The van der Waals surface area contributed by atoms with Crippen LogP contribution in [0.3, 0.4) is 0 Å². The molecule has 138 valence electrons. The summed E-state index contributed by atoms with van der Waals surface area (Å²) in [5.74, 6) is -1.42. The van der Waals surface area contributed by atoms with E-state index in [1.807, 2.05) is 0 Å². The van der Waals surface area contributed by atoms with Crippen molar-refractivity contribution in [3.05, 3.63) is 81.2 Å². The number of ether oxygens (including phenoxy) is 1. The summed E-state index contributed by atoms with van der Waals surface area (Å²) < 4.78 is 5.89. The Labute approximate surface area is 168 Å². The monoisotopic (exact) mass is 436 g/mol. The molecule has 28 heavy (non-hydrogen) atoms. The number of nitrogens with zero attached hydrogens (tertiary/aromatic N) is 2. The maximum atomic E-state index is 13.1. The van der Waals surface area contributed by atoms with E-state index in [4.69, 9.17) is 4.74 Å². The van der Waals surface area contributed by atoms with Crippen molar-refractivity contribution in [3.63, 3.8) is 0 Å². The lowest BCUT2D eigenvalue weighted by atomic mass is 9.84. The van der Waals surface area contributed by atoms with Crippen LogP contribution in [0.25, 0.3) is 11.3 Å². The third kappa shape index (κ3) is 2.93. The van der Waals surface area contributed by atoms with Gasteiger partial charge in [0, 0.05) is 21.8 Å². The van der Waals surface area contributed by atoms with Crippen molar-refractivity contribution >= 4 is 33.5 Å². The van der Waals surface area contributed by atoms with E-state index >= 15 is 0 Å². The van der Waals surface area contributed by atoms with Gasteiger partial charge in [-0.15, -0.1) is 0 Å². The predicted octanol–water partition coefficient (Wildman–Crippen LogP) is 3.86. The lowest BCUT2D eigenvalue weighted by Crippen LogP contribution is -2.25. The summed E-state index contributed by atoms with van der Waals surface area (Å²) >= 11 is 3.37. The molecule has 1 aliphatic carbocycles. The molecule has 3 aromatic rings. The quantitative estimate of drug-likeness (QED) is 0.453. The van der Waals surface area contributed by atoms with Gasteiger partial charge >= 0.3 is 5.97 Å². The molecule has 6 nitrogen and oxygen atoms in total. The lowest BCUT2D eigenvalue weighted by molar-refractivity contribution is 0.0519. The fourth-order valence-corrected chi connectivity index (χ4v) is 3.38. The highest BCUT2D eigenvalue weighted by Gasteiger charge is 2.35. The minimum Gasteiger partial charge on any atom is -0.461 e. The number of rotatable bonds is 3. The maximum absolute atomic E-state index is 13.1. The van der Waals surface area contributed by atoms with Gasteiger partial charge in [0.05, 0.1) is 23.4 Å². The molecule has 0 amide bonds. The highest BCUT2D eigenvalue weighted by molar-refractivity contribution is 9.10. The van der Waals surface area contributed by atoms with Crippen molar-refractivity contribution in [2.75, 3.05) is 6.61 Å². The first-order valence-corrected chi connectivity index (χ1v) is 9.33. The van der Waals surface area contributed by atoms with E-state index in [1.165, 1.54) is 12.3 Å². The summed E-state index contributed by atoms with van der Waals surface area (Å²) in [7, 11) is 0.